The summed E-state index contributed by atoms with van der Waals surface area (Å²) in [7, 11) is 0. The number of nitrogens with one attached hydrogen (secondary N) is 1. The molecule has 3 heterocycles. The standard InChI is InChI=1S/C16H28N2O2/c1-2-20-16(19)13-3-5-14(6-4-13)17-15-11-18-9-7-12(15)8-10-18/h12-15,17H,2-11H2,1H3. The molecular formula is C16H28N2O2. The van der Waals surface area contributed by atoms with E-state index in [1.54, 1.807) is 0 Å². The van der Waals surface area contributed by atoms with Gasteiger partial charge in [-0.25, -0.2) is 0 Å². The second-order valence-corrected chi connectivity index (χ2v) is 6.71. The quantitative estimate of drug-likeness (QED) is 0.797. The van der Waals surface area contributed by atoms with Gasteiger partial charge in [0.15, 0.2) is 0 Å². The van der Waals surface area contributed by atoms with Crippen molar-refractivity contribution in [1.82, 2.24) is 10.2 Å². The van der Waals surface area contributed by atoms with Crippen molar-refractivity contribution >= 4 is 5.97 Å². The minimum Gasteiger partial charge on any atom is -0.466 e. The highest BCUT2D eigenvalue weighted by atomic mass is 16.5. The first-order chi connectivity index (χ1) is 9.76. The number of piperidine rings is 3. The molecule has 0 radical (unpaired) electrons. The van der Waals surface area contributed by atoms with E-state index < -0.39 is 0 Å². The third kappa shape index (κ3) is 3.17. The molecule has 4 aliphatic rings. The van der Waals surface area contributed by atoms with E-state index in [4.69, 9.17) is 4.74 Å². The fourth-order valence-corrected chi connectivity index (χ4v) is 4.21. The van der Waals surface area contributed by atoms with Gasteiger partial charge in [-0.05, 0) is 64.5 Å². The van der Waals surface area contributed by atoms with Crippen molar-refractivity contribution in [2.24, 2.45) is 11.8 Å². The van der Waals surface area contributed by atoms with Crippen LogP contribution in [-0.4, -0.2) is 49.2 Å². The van der Waals surface area contributed by atoms with Crippen LogP contribution in [0.1, 0.15) is 45.4 Å². The number of carbonyl (C=O) groups is 1. The number of hydrogen-bond acceptors (Lipinski definition) is 4. The van der Waals surface area contributed by atoms with E-state index >= 15 is 0 Å². The molecule has 0 aromatic heterocycles. The van der Waals surface area contributed by atoms with Gasteiger partial charge in [0.05, 0.1) is 12.5 Å². The Morgan fingerprint density at radius 3 is 2.40 bits per heavy atom. The summed E-state index contributed by atoms with van der Waals surface area (Å²) in [6.07, 6.45) is 7.00. The monoisotopic (exact) mass is 280 g/mol. The molecule has 0 aromatic carbocycles. The molecule has 2 bridgehead atoms. The molecule has 0 aromatic rings. The number of fused-ring (bicyclic) bond motifs is 3. The van der Waals surface area contributed by atoms with Crippen LogP contribution in [-0.2, 0) is 9.53 Å². The van der Waals surface area contributed by atoms with Gasteiger partial charge < -0.3 is 15.0 Å². The normalized spacial score (nSPS) is 40.5. The zero-order chi connectivity index (χ0) is 13.9. The lowest BCUT2D eigenvalue weighted by Crippen LogP contribution is -2.58. The van der Waals surface area contributed by atoms with Crippen molar-refractivity contribution in [2.75, 3.05) is 26.2 Å². The summed E-state index contributed by atoms with van der Waals surface area (Å²) >= 11 is 0. The maximum Gasteiger partial charge on any atom is 0.308 e. The molecule has 3 saturated heterocycles. The predicted octanol–water partition coefficient (Wildman–Crippen LogP) is 1.79. The van der Waals surface area contributed by atoms with Gasteiger partial charge in [0.1, 0.15) is 0 Å². The number of hydrogen-bond donors (Lipinski definition) is 1. The molecule has 1 aliphatic carbocycles. The van der Waals surface area contributed by atoms with E-state index in [9.17, 15) is 4.79 Å². The van der Waals surface area contributed by atoms with E-state index in [1.165, 1.54) is 32.5 Å². The molecule has 1 N–H and O–H groups in total. The van der Waals surface area contributed by atoms with Crippen molar-refractivity contribution in [3.05, 3.63) is 0 Å². The molecule has 1 unspecified atom stereocenters. The Labute approximate surface area is 122 Å². The van der Waals surface area contributed by atoms with Crippen molar-refractivity contribution in [2.45, 2.75) is 57.5 Å². The molecule has 0 spiro atoms. The van der Waals surface area contributed by atoms with Gasteiger partial charge in [-0.3, -0.25) is 4.79 Å². The summed E-state index contributed by atoms with van der Waals surface area (Å²) in [5, 5.41) is 3.89. The third-order valence-corrected chi connectivity index (χ3v) is 5.45. The molecule has 4 nitrogen and oxygen atoms in total. The Kier molecular flexibility index (Phi) is 4.61. The van der Waals surface area contributed by atoms with Crippen LogP contribution >= 0.6 is 0 Å². The van der Waals surface area contributed by atoms with Gasteiger partial charge in [0.25, 0.3) is 0 Å². The van der Waals surface area contributed by atoms with Crippen LogP contribution in [0.4, 0.5) is 0 Å². The van der Waals surface area contributed by atoms with Crippen molar-refractivity contribution in [3.8, 4) is 0 Å². The number of ether oxygens (including phenoxy) is 1. The SMILES string of the molecule is CCOC(=O)C1CCC(NC2CN3CCC2CC3)CC1. The minimum absolute atomic E-state index is 0.0220. The molecule has 114 valence electrons. The zero-order valence-corrected chi connectivity index (χ0v) is 12.6. The van der Waals surface area contributed by atoms with Crippen LogP contribution < -0.4 is 5.32 Å². The van der Waals surface area contributed by atoms with Crippen LogP contribution in [0.15, 0.2) is 0 Å². The maximum absolute atomic E-state index is 11.7. The lowest BCUT2D eigenvalue weighted by Gasteiger charge is -2.46. The summed E-state index contributed by atoms with van der Waals surface area (Å²) in [6, 6.07) is 1.31. The van der Waals surface area contributed by atoms with Crippen LogP contribution in [0.5, 0.6) is 0 Å². The van der Waals surface area contributed by atoms with Crippen molar-refractivity contribution < 1.29 is 9.53 Å². The average molecular weight is 280 g/mol. The second kappa shape index (κ2) is 6.44. The molecule has 3 aliphatic heterocycles. The average Bonchev–Trinajstić information content (AvgIpc) is 2.49. The van der Waals surface area contributed by atoms with Gasteiger partial charge in [0, 0.05) is 18.6 Å². The highest BCUT2D eigenvalue weighted by molar-refractivity contribution is 5.72. The Bertz CT molecular complexity index is 331. The maximum atomic E-state index is 11.7. The summed E-state index contributed by atoms with van der Waals surface area (Å²) in [6.45, 7) is 6.24. The topological polar surface area (TPSA) is 41.6 Å². The second-order valence-electron chi connectivity index (χ2n) is 6.71. The molecule has 0 amide bonds. The van der Waals surface area contributed by atoms with E-state index in [2.05, 4.69) is 10.2 Å². The molecule has 4 fully saturated rings. The number of nitrogens with zero attached hydrogens (tertiary/aromatic N) is 1. The molecule has 4 heteroatoms. The lowest BCUT2D eigenvalue weighted by atomic mass is 9.81. The van der Waals surface area contributed by atoms with Gasteiger partial charge >= 0.3 is 5.97 Å². The van der Waals surface area contributed by atoms with E-state index in [-0.39, 0.29) is 11.9 Å². The number of esters is 1. The molecule has 4 rings (SSSR count). The fourth-order valence-electron chi connectivity index (χ4n) is 4.21. The first-order valence-electron chi connectivity index (χ1n) is 8.41. The Morgan fingerprint density at radius 2 is 1.85 bits per heavy atom. The lowest BCUT2D eigenvalue weighted by molar-refractivity contribution is -0.149. The summed E-state index contributed by atoms with van der Waals surface area (Å²) in [4.78, 5) is 14.3. The highest BCUT2D eigenvalue weighted by Gasteiger charge is 2.36. The Morgan fingerprint density at radius 1 is 1.15 bits per heavy atom. The smallest absolute Gasteiger partial charge is 0.308 e. The van der Waals surface area contributed by atoms with Gasteiger partial charge in [-0.15, -0.1) is 0 Å². The number of carbonyl (C=O) groups excluding carboxylic acids is 1. The van der Waals surface area contributed by atoms with Crippen LogP contribution in [0, 0.1) is 11.8 Å². The summed E-state index contributed by atoms with van der Waals surface area (Å²) in [5.74, 6) is 1.07. The van der Waals surface area contributed by atoms with E-state index in [1.807, 2.05) is 6.92 Å². The molecule has 20 heavy (non-hydrogen) atoms. The fraction of sp³-hybridized carbons (Fsp3) is 0.938. The summed E-state index contributed by atoms with van der Waals surface area (Å²) < 4.78 is 5.14. The van der Waals surface area contributed by atoms with Crippen molar-refractivity contribution in [1.29, 1.82) is 0 Å². The zero-order valence-electron chi connectivity index (χ0n) is 12.6. The third-order valence-electron chi connectivity index (χ3n) is 5.45. The number of rotatable bonds is 4. The van der Waals surface area contributed by atoms with Crippen LogP contribution in [0.2, 0.25) is 0 Å². The molecular weight excluding hydrogens is 252 g/mol. The van der Waals surface area contributed by atoms with Gasteiger partial charge in [0.2, 0.25) is 0 Å². The van der Waals surface area contributed by atoms with E-state index in [0.29, 0.717) is 18.7 Å². The summed E-state index contributed by atoms with van der Waals surface area (Å²) in [5.41, 5.74) is 0. The first kappa shape index (κ1) is 14.3. The van der Waals surface area contributed by atoms with E-state index in [0.717, 1.165) is 31.6 Å². The molecule has 1 atom stereocenters. The predicted molar refractivity (Wildman–Crippen MR) is 78.5 cm³/mol. The van der Waals surface area contributed by atoms with Crippen molar-refractivity contribution in [3.63, 3.8) is 0 Å². The first-order valence-corrected chi connectivity index (χ1v) is 8.41. The Hall–Kier alpha value is -0.610. The molecule has 1 saturated carbocycles. The van der Waals surface area contributed by atoms with Gasteiger partial charge in [-0.1, -0.05) is 0 Å². The van der Waals surface area contributed by atoms with Gasteiger partial charge in [-0.2, -0.15) is 0 Å². The minimum atomic E-state index is 0.0220. The Balaban J connectivity index is 1.43. The van der Waals surface area contributed by atoms with Crippen LogP contribution in [0.25, 0.3) is 0 Å². The largest absolute Gasteiger partial charge is 0.466 e. The highest BCUT2D eigenvalue weighted by Crippen LogP contribution is 2.30. The van der Waals surface area contributed by atoms with Crippen LogP contribution in [0.3, 0.4) is 0 Å².